The summed E-state index contributed by atoms with van der Waals surface area (Å²) in [5, 5.41) is 14.0. The van der Waals surface area contributed by atoms with Crippen LogP contribution in [0.3, 0.4) is 0 Å². The molecule has 0 radical (unpaired) electrons. The fourth-order valence-corrected chi connectivity index (χ4v) is 12.1. The summed E-state index contributed by atoms with van der Waals surface area (Å²) in [6.07, 6.45) is 3.80. The van der Waals surface area contributed by atoms with Crippen LogP contribution < -0.4 is 25.1 Å². The molecular formula is C28H25ClIN5O5. The number of alkyl halides is 2. The number of halogens is 2. The van der Waals surface area contributed by atoms with Crippen LogP contribution in [0.2, 0.25) is 5.02 Å². The molecule has 3 aromatic heterocycles. The molecule has 9 rings (SSSR count). The molecule has 40 heavy (non-hydrogen) atoms. The molecule has 5 aliphatic heterocycles. The van der Waals surface area contributed by atoms with Crippen molar-refractivity contribution in [1.82, 2.24) is 14.5 Å². The monoisotopic (exact) mass is 673 g/mol. The first-order chi connectivity index (χ1) is 19.5. The van der Waals surface area contributed by atoms with E-state index in [-0.39, 0.29) is 11.6 Å². The van der Waals surface area contributed by atoms with Crippen molar-refractivity contribution in [1.29, 1.82) is 0 Å². The number of benzene rings is 1. The Morgan fingerprint density at radius 3 is 2.92 bits per heavy atom. The summed E-state index contributed by atoms with van der Waals surface area (Å²) in [7, 11) is 0. The van der Waals surface area contributed by atoms with E-state index in [4.69, 9.17) is 21.1 Å². The summed E-state index contributed by atoms with van der Waals surface area (Å²) in [5.41, 5.74) is 1.71. The van der Waals surface area contributed by atoms with Crippen LogP contribution in [-0.2, 0) is 0 Å². The van der Waals surface area contributed by atoms with Gasteiger partial charge in [-0.3, -0.25) is 0 Å². The van der Waals surface area contributed by atoms with E-state index in [9.17, 15) is 14.7 Å². The van der Waals surface area contributed by atoms with Crippen molar-refractivity contribution in [3.63, 3.8) is 0 Å². The Kier molecular flexibility index (Phi) is 6.42. The third-order valence-corrected chi connectivity index (χ3v) is 14.0. The summed E-state index contributed by atoms with van der Waals surface area (Å²) in [6, 6.07) is 11.3. The third-order valence-electron chi connectivity index (χ3n) is 7.36. The quantitative estimate of drug-likeness (QED) is 0.226. The van der Waals surface area contributed by atoms with Crippen molar-refractivity contribution in [2.75, 3.05) is 45.4 Å². The number of rotatable bonds is 1. The number of nitrogens with zero attached hydrogens (tertiary/aromatic N) is 4. The van der Waals surface area contributed by atoms with Crippen molar-refractivity contribution in [2.45, 2.75) is 12.5 Å². The molecule has 206 valence electrons. The number of aromatic carboxylic acids is 1. The molecule has 0 amide bonds. The molecule has 1 aromatic carbocycles. The maximum atomic E-state index is 13.3. The summed E-state index contributed by atoms with van der Waals surface area (Å²) in [6.45, 7) is 2.43. The summed E-state index contributed by atoms with van der Waals surface area (Å²) >= 11 is 4.77. The second kappa shape index (κ2) is 10.1. The van der Waals surface area contributed by atoms with Crippen LogP contribution in [-0.4, -0.2) is 66.8 Å². The van der Waals surface area contributed by atoms with Gasteiger partial charge in [0.15, 0.2) is 0 Å². The molecule has 0 unspecified atom stereocenters. The van der Waals surface area contributed by atoms with Gasteiger partial charge < -0.3 is 0 Å². The second-order valence-corrected chi connectivity index (χ2v) is 15.9. The molecule has 1 atom stereocenters. The zero-order valence-electron chi connectivity index (χ0n) is 21.3. The predicted octanol–water partition coefficient (Wildman–Crippen LogP) is 4.28. The number of ether oxygens (including phenoxy) is 2. The van der Waals surface area contributed by atoms with Crippen molar-refractivity contribution >= 4 is 59.8 Å². The molecular weight excluding hydrogens is 649 g/mol. The maximum absolute atomic E-state index is 13.3. The van der Waals surface area contributed by atoms with Gasteiger partial charge in [0.05, 0.1) is 0 Å². The van der Waals surface area contributed by atoms with Crippen LogP contribution >= 0.6 is 31.4 Å². The first-order valence-corrected chi connectivity index (χ1v) is 17.4. The molecule has 9 bridgehead atoms. The Morgan fingerprint density at radius 2 is 2.10 bits per heavy atom. The van der Waals surface area contributed by atoms with E-state index in [1.807, 2.05) is 24.3 Å². The van der Waals surface area contributed by atoms with Crippen molar-refractivity contribution in [3.05, 3.63) is 73.2 Å². The van der Waals surface area contributed by atoms with Gasteiger partial charge >= 0.3 is 242 Å². The van der Waals surface area contributed by atoms with Crippen LogP contribution in [0.5, 0.6) is 11.8 Å². The number of pyridine rings is 3. The van der Waals surface area contributed by atoms with Crippen molar-refractivity contribution in [2.24, 2.45) is 0 Å². The van der Waals surface area contributed by atoms with Gasteiger partial charge in [-0.05, 0) is 0 Å². The fourth-order valence-electron chi connectivity index (χ4n) is 5.38. The SMILES string of the molecule is O=C(O)c1cn2c3cc4c(cc3c1=O)I1CCN4[C@@H](COc3nc(ccc3Cl)OCCCNc3ccc-2cn3)C1. The molecule has 1 saturated heterocycles. The number of carboxylic acids is 1. The molecule has 8 heterocycles. The van der Waals surface area contributed by atoms with Crippen LogP contribution in [0, 0.1) is 3.57 Å². The predicted molar refractivity (Wildman–Crippen MR) is 161 cm³/mol. The number of hydrogen-bond acceptors (Lipinski definition) is 8. The fraction of sp³-hybridized carbons (Fsp3) is 0.286. The minimum atomic E-state index is -1.64. The van der Waals surface area contributed by atoms with Crippen molar-refractivity contribution < 1.29 is 19.4 Å². The number of fused-ring (bicyclic) bond motifs is 8. The molecule has 5 aliphatic rings. The van der Waals surface area contributed by atoms with E-state index >= 15 is 0 Å². The Labute approximate surface area is 241 Å². The molecule has 0 aliphatic carbocycles. The van der Waals surface area contributed by atoms with Gasteiger partial charge in [-0.25, -0.2) is 0 Å². The zero-order valence-corrected chi connectivity index (χ0v) is 24.2. The van der Waals surface area contributed by atoms with Gasteiger partial charge in [0.1, 0.15) is 0 Å². The van der Waals surface area contributed by atoms with Gasteiger partial charge in [-0.1, -0.05) is 0 Å². The number of anilines is 2. The van der Waals surface area contributed by atoms with E-state index in [1.54, 1.807) is 22.9 Å². The Hall–Kier alpha value is -3.58. The Morgan fingerprint density at radius 1 is 1.20 bits per heavy atom. The number of nitrogens with one attached hydrogen (secondary N) is 1. The molecule has 0 spiro atoms. The number of aromatic nitrogens is 3. The number of carboxylic acid groups (broad SMARTS) is 1. The average Bonchev–Trinajstić information content (AvgIpc) is 2.97. The summed E-state index contributed by atoms with van der Waals surface area (Å²) < 4.78 is 17.1. The minimum absolute atomic E-state index is 0.155. The van der Waals surface area contributed by atoms with Crippen LogP contribution in [0.25, 0.3) is 16.6 Å². The molecule has 0 saturated carbocycles. The Bertz CT molecular complexity index is 1710. The summed E-state index contributed by atoms with van der Waals surface area (Å²) in [5.74, 6) is 0.257. The van der Waals surface area contributed by atoms with E-state index in [0.717, 1.165) is 21.1 Å². The molecule has 4 aromatic rings. The topological polar surface area (TPSA) is 119 Å². The normalized spacial score (nSPS) is 18.9. The molecule has 10 nitrogen and oxygen atoms in total. The van der Waals surface area contributed by atoms with Gasteiger partial charge in [-0.2, -0.15) is 0 Å². The van der Waals surface area contributed by atoms with Crippen LogP contribution in [0.1, 0.15) is 16.8 Å². The van der Waals surface area contributed by atoms with E-state index in [2.05, 4.69) is 20.2 Å². The van der Waals surface area contributed by atoms with Gasteiger partial charge in [0, 0.05) is 0 Å². The Balaban J connectivity index is 1.38. The molecule has 1 fully saturated rings. The van der Waals surface area contributed by atoms with Gasteiger partial charge in [-0.15, -0.1) is 0 Å². The van der Waals surface area contributed by atoms with E-state index < -0.39 is 31.2 Å². The average molecular weight is 674 g/mol. The number of hydrogen-bond donors (Lipinski definition) is 2. The first-order valence-electron chi connectivity index (χ1n) is 12.9. The summed E-state index contributed by atoms with van der Waals surface area (Å²) in [4.78, 5) is 36.8. The zero-order chi connectivity index (χ0) is 27.4. The standard InChI is InChI=1S/C28H25ClIN5O5/c29-20-3-5-25-33-27(20)40-15-17-12-30-6-8-34(17)23-11-22-18(10-21(23)30)26(36)19(28(37)38)14-35(22)16-2-4-24(32-13-16)31-7-1-9-39-25/h2-5,10-11,13-14,17H,1,6-9,12,15H2,(H,31,32)(H,37,38)/t17-/m1/s1. The third kappa shape index (κ3) is 4.40. The van der Waals surface area contributed by atoms with E-state index in [0.29, 0.717) is 65.4 Å². The second-order valence-electron chi connectivity index (χ2n) is 9.79. The van der Waals surface area contributed by atoms with Crippen LogP contribution in [0.15, 0.2) is 53.6 Å². The van der Waals surface area contributed by atoms with E-state index in [1.165, 1.54) is 9.77 Å². The van der Waals surface area contributed by atoms with Crippen molar-refractivity contribution in [3.8, 4) is 17.4 Å². The van der Waals surface area contributed by atoms with Crippen LogP contribution in [0.4, 0.5) is 11.5 Å². The molecule has 2 N–H and O–H groups in total. The van der Waals surface area contributed by atoms with Gasteiger partial charge in [0.25, 0.3) is 0 Å². The van der Waals surface area contributed by atoms with Gasteiger partial charge in [0.2, 0.25) is 0 Å². The molecule has 12 heteroatoms. The number of carbonyl (C=O) groups is 1. The first kappa shape index (κ1) is 25.4.